The Balaban J connectivity index is 1.16. The average molecular weight is 649 g/mol. The molecule has 0 aliphatic heterocycles. The maximum atomic E-state index is 14.9. The van der Waals surface area contributed by atoms with Gasteiger partial charge in [-0.25, -0.2) is 23.9 Å². The summed E-state index contributed by atoms with van der Waals surface area (Å²) in [4.78, 5) is 51.1. The average Bonchev–Trinajstić information content (AvgIpc) is 3.12. The Morgan fingerprint density at radius 1 is 0.854 bits per heavy atom. The molecule has 0 aliphatic carbocycles. The van der Waals surface area contributed by atoms with Crippen LogP contribution in [0, 0.1) is 5.82 Å². The van der Waals surface area contributed by atoms with Crippen LogP contribution >= 0.6 is 0 Å². The molecule has 0 unspecified atom stereocenters. The fraction of sp³-hybridized carbons (Fsp3) is 0.167. The quantitative estimate of drug-likeness (QED) is 0.161. The minimum atomic E-state index is -0.664. The maximum Gasteiger partial charge on any atom is 0.337 e. The number of esters is 1. The third kappa shape index (κ3) is 9.42. The minimum absolute atomic E-state index is 0.0628. The van der Waals surface area contributed by atoms with Gasteiger partial charge in [-0.15, -0.1) is 0 Å². The molecule has 0 bridgehead atoms. The van der Waals surface area contributed by atoms with Gasteiger partial charge in [-0.1, -0.05) is 54.6 Å². The molecule has 5 aromatic rings. The number of nitrogens with zero attached hydrogens (tertiary/aromatic N) is 4. The molecule has 3 amide bonds. The molecule has 5 rings (SSSR count). The Hall–Kier alpha value is -6.17. The summed E-state index contributed by atoms with van der Waals surface area (Å²) in [6.07, 6.45) is 4.88. The molecule has 0 atom stereocenters. The number of amides is 3. The van der Waals surface area contributed by atoms with E-state index < -0.39 is 17.8 Å². The Labute approximate surface area is 276 Å². The number of carbonyl (C=O) groups is 3. The lowest BCUT2D eigenvalue weighted by molar-refractivity contribution is -0.120. The molecule has 2 heterocycles. The molecule has 0 radical (unpaired) electrons. The monoisotopic (exact) mass is 648 g/mol. The summed E-state index contributed by atoms with van der Waals surface area (Å²) in [7, 11) is 1.21. The lowest BCUT2D eigenvalue weighted by atomic mass is 10.1. The fourth-order valence-electron chi connectivity index (χ4n) is 4.66. The van der Waals surface area contributed by atoms with Crippen molar-refractivity contribution in [3.8, 4) is 16.9 Å². The van der Waals surface area contributed by atoms with E-state index in [0.29, 0.717) is 18.0 Å². The molecule has 0 fully saturated rings. The zero-order valence-corrected chi connectivity index (χ0v) is 26.1. The number of pyridine rings is 1. The van der Waals surface area contributed by atoms with E-state index in [1.165, 1.54) is 36.5 Å². The van der Waals surface area contributed by atoms with E-state index in [9.17, 15) is 18.8 Å². The number of hydrogen-bond donors (Lipinski definition) is 2. The summed E-state index contributed by atoms with van der Waals surface area (Å²) in [5.74, 6) is -0.759. The van der Waals surface area contributed by atoms with Gasteiger partial charge in [-0.05, 0) is 47.5 Å². The summed E-state index contributed by atoms with van der Waals surface area (Å²) in [6, 6.07) is 25.8. The van der Waals surface area contributed by atoms with Gasteiger partial charge in [-0.3, -0.25) is 15.1 Å². The van der Waals surface area contributed by atoms with E-state index >= 15 is 0 Å². The van der Waals surface area contributed by atoms with Crippen molar-refractivity contribution in [2.45, 2.75) is 19.5 Å². The second kappa shape index (κ2) is 16.4. The largest absolute Gasteiger partial charge is 0.492 e. The summed E-state index contributed by atoms with van der Waals surface area (Å²) in [5.41, 5.74) is 3.74. The maximum absolute atomic E-state index is 14.9. The summed E-state index contributed by atoms with van der Waals surface area (Å²) in [6.45, 7) is 0.562. The highest BCUT2D eigenvalue weighted by atomic mass is 19.1. The van der Waals surface area contributed by atoms with E-state index in [2.05, 4.69) is 30.3 Å². The molecule has 48 heavy (non-hydrogen) atoms. The highest BCUT2D eigenvalue weighted by molar-refractivity contribution is 5.89. The Kier molecular flexibility index (Phi) is 11.3. The number of urea groups is 1. The van der Waals surface area contributed by atoms with Crippen LogP contribution in [0.5, 0.6) is 5.75 Å². The van der Waals surface area contributed by atoms with Gasteiger partial charge in [0, 0.05) is 42.0 Å². The summed E-state index contributed by atoms with van der Waals surface area (Å²) >= 11 is 0. The van der Waals surface area contributed by atoms with Crippen molar-refractivity contribution in [1.82, 2.24) is 25.2 Å². The Morgan fingerprint density at radius 2 is 1.60 bits per heavy atom. The third-order valence-electron chi connectivity index (χ3n) is 7.22. The molecule has 0 aliphatic rings. The van der Waals surface area contributed by atoms with Gasteiger partial charge in [0.2, 0.25) is 11.9 Å². The van der Waals surface area contributed by atoms with Crippen molar-refractivity contribution in [3.63, 3.8) is 0 Å². The van der Waals surface area contributed by atoms with Gasteiger partial charge in [0.25, 0.3) is 0 Å². The van der Waals surface area contributed by atoms with E-state index in [0.717, 1.165) is 22.8 Å². The minimum Gasteiger partial charge on any atom is -0.492 e. The highest BCUT2D eigenvalue weighted by Gasteiger charge is 2.19. The van der Waals surface area contributed by atoms with Crippen LogP contribution < -0.4 is 15.4 Å². The van der Waals surface area contributed by atoms with E-state index in [1.54, 1.807) is 24.4 Å². The van der Waals surface area contributed by atoms with Gasteiger partial charge in [0.05, 0.1) is 32.2 Å². The number of aromatic nitrogens is 3. The van der Waals surface area contributed by atoms with Crippen LogP contribution in [0.2, 0.25) is 0 Å². The number of anilines is 1. The van der Waals surface area contributed by atoms with Gasteiger partial charge in [-0.2, -0.15) is 0 Å². The van der Waals surface area contributed by atoms with Crippen LogP contribution in [0.3, 0.4) is 0 Å². The van der Waals surface area contributed by atoms with Crippen LogP contribution in [0.1, 0.15) is 27.2 Å². The Morgan fingerprint density at radius 3 is 2.29 bits per heavy atom. The highest BCUT2D eigenvalue weighted by Crippen LogP contribution is 2.22. The van der Waals surface area contributed by atoms with Crippen molar-refractivity contribution in [2.24, 2.45) is 0 Å². The van der Waals surface area contributed by atoms with Crippen LogP contribution in [-0.2, 0) is 29.0 Å². The van der Waals surface area contributed by atoms with E-state index in [1.807, 2.05) is 54.6 Å². The predicted molar refractivity (Wildman–Crippen MR) is 176 cm³/mol. The lowest BCUT2D eigenvalue weighted by Crippen LogP contribution is -2.38. The van der Waals surface area contributed by atoms with Crippen molar-refractivity contribution in [3.05, 3.63) is 138 Å². The number of carbonyl (C=O) groups excluding carboxylic acids is 3. The van der Waals surface area contributed by atoms with Gasteiger partial charge >= 0.3 is 12.0 Å². The molecule has 0 saturated carbocycles. The van der Waals surface area contributed by atoms with Crippen LogP contribution in [-0.4, -0.2) is 58.0 Å². The molecule has 0 spiro atoms. The second-order valence-electron chi connectivity index (χ2n) is 10.6. The van der Waals surface area contributed by atoms with Crippen molar-refractivity contribution in [1.29, 1.82) is 0 Å². The van der Waals surface area contributed by atoms with Gasteiger partial charge < -0.3 is 19.7 Å². The van der Waals surface area contributed by atoms with Crippen molar-refractivity contribution >= 4 is 23.9 Å². The second-order valence-corrected chi connectivity index (χ2v) is 10.6. The first-order valence-corrected chi connectivity index (χ1v) is 15.1. The van der Waals surface area contributed by atoms with Crippen LogP contribution in [0.15, 0.2) is 110 Å². The number of nitrogens with one attached hydrogen (secondary N) is 2. The number of benzene rings is 3. The van der Waals surface area contributed by atoms with Crippen molar-refractivity contribution in [2.75, 3.05) is 25.6 Å². The Bertz CT molecular complexity index is 1820. The fourth-order valence-corrected chi connectivity index (χ4v) is 4.66. The zero-order chi connectivity index (χ0) is 33.7. The first-order valence-electron chi connectivity index (χ1n) is 15.1. The van der Waals surface area contributed by atoms with Gasteiger partial charge in [0.1, 0.15) is 18.2 Å². The normalized spacial score (nSPS) is 10.5. The van der Waals surface area contributed by atoms with Crippen LogP contribution in [0.4, 0.5) is 15.1 Å². The molecular weight excluding hydrogens is 615 g/mol. The molecule has 3 aromatic carbocycles. The molecular formula is C36H33FN6O5. The molecule has 2 aromatic heterocycles. The third-order valence-corrected chi connectivity index (χ3v) is 7.22. The topological polar surface area (TPSA) is 136 Å². The number of rotatable bonds is 13. The van der Waals surface area contributed by atoms with E-state index in [4.69, 9.17) is 4.74 Å². The first-order chi connectivity index (χ1) is 23.4. The molecule has 12 heteroatoms. The number of methoxy groups -OCH3 is 1. The molecule has 11 nitrogen and oxygen atoms in total. The smallest absolute Gasteiger partial charge is 0.337 e. The number of ether oxygens (including phenoxy) is 2. The predicted octanol–water partition coefficient (Wildman–Crippen LogP) is 5.44. The molecule has 2 N–H and O–H groups in total. The lowest BCUT2D eigenvalue weighted by Gasteiger charge is -2.23. The van der Waals surface area contributed by atoms with Crippen LogP contribution in [0.25, 0.3) is 11.1 Å². The number of halogens is 1. The van der Waals surface area contributed by atoms with E-state index in [-0.39, 0.29) is 49.1 Å². The van der Waals surface area contributed by atoms with Gasteiger partial charge in [0.15, 0.2) is 0 Å². The summed E-state index contributed by atoms with van der Waals surface area (Å²) < 4.78 is 25.5. The zero-order valence-electron chi connectivity index (χ0n) is 26.1. The SMILES string of the molecule is COC(=O)c1ccc(CN(CCOc2ccc(-c3ccc(CC(=O)NCc4ccccc4)nc3)cc2)C(=O)Nc2ncccn2)c(F)c1. The number of hydrogen-bond acceptors (Lipinski definition) is 8. The standard InChI is InChI=1S/C36H33FN6O5/c1-47-34(45)27-8-9-29(32(37)20-27)24-43(36(46)42-35-38-16-5-17-39-35)18-19-48-31-14-11-26(12-15-31)28-10-13-30(40-23-28)21-33(44)41-22-25-6-3-2-4-7-25/h2-17,20,23H,18-19,21-22,24H2,1H3,(H,41,44)(H,38,39,42,46). The van der Waals surface area contributed by atoms with Crippen molar-refractivity contribution < 1.29 is 28.2 Å². The summed E-state index contributed by atoms with van der Waals surface area (Å²) in [5, 5.41) is 5.51. The molecule has 244 valence electrons. The molecule has 0 saturated heterocycles. The first kappa shape index (κ1) is 33.2.